The van der Waals surface area contributed by atoms with E-state index in [1.54, 1.807) is 21.3 Å². The number of ether oxygens (including phenoxy) is 4. The van der Waals surface area contributed by atoms with Crippen molar-refractivity contribution in [1.82, 2.24) is 5.32 Å². The van der Waals surface area contributed by atoms with Gasteiger partial charge in [0.05, 0.1) is 47.6 Å². The van der Waals surface area contributed by atoms with E-state index in [9.17, 15) is 0 Å². The first-order valence-corrected chi connectivity index (χ1v) is 8.35. The maximum atomic E-state index is 5.36. The Hall–Kier alpha value is -1.77. The lowest BCUT2D eigenvalue weighted by Crippen LogP contribution is -3.14. The van der Waals surface area contributed by atoms with E-state index < -0.39 is 0 Å². The number of hydrogen-bond acceptors (Lipinski definition) is 5. The zero-order valence-corrected chi connectivity index (χ0v) is 15.3. The lowest BCUT2D eigenvalue weighted by molar-refractivity contribution is -0.906. The van der Waals surface area contributed by atoms with Crippen molar-refractivity contribution < 1.29 is 23.8 Å². The van der Waals surface area contributed by atoms with E-state index >= 15 is 0 Å². The Labute approximate surface area is 148 Å². The minimum absolute atomic E-state index is 0.556. The fourth-order valence-corrected chi connectivity index (χ4v) is 2.81. The van der Waals surface area contributed by atoms with Gasteiger partial charge in [-0.1, -0.05) is 0 Å². The first kappa shape index (κ1) is 18.6. The molecule has 1 aliphatic rings. The molecule has 1 aromatic rings. The summed E-state index contributed by atoms with van der Waals surface area (Å²) in [6.45, 7) is 5.60. The van der Waals surface area contributed by atoms with Crippen LogP contribution in [0.1, 0.15) is 0 Å². The van der Waals surface area contributed by atoms with Crippen LogP contribution in [0.15, 0.2) is 12.1 Å². The molecule has 3 N–H and O–H groups in total. The number of quaternary nitrogens is 1. The maximum Gasteiger partial charge on any atom is 0.203 e. The van der Waals surface area contributed by atoms with Crippen LogP contribution >= 0.6 is 12.2 Å². The minimum Gasteiger partial charge on any atom is -0.493 e. The second kappa shape index (κ2) is 9.51. The standard InChI is InChI=1S/C16H25N3O4S/c1-20-13-10-12(11-14(21-2)15(13)22-3)18-16(24)17-4-5-19-6-8-23-9-7-19/h10-11H,4-9H2,1-3H3,(H2,17,18,24)/p+1. The quantitative estimate of drug-likeness (QED) is 0.590. The summed E-state index contributed by atoms with van der Waals surface area (Å²) in [4.78, 5) is 1.53. The summed E-state index contributed by atoms with van der Waals surface area (Å²) in [6.07, 6.45) is 0. The Bertz CT molecular complexity index is 525. The van der Waals surface area contributed by atoms with Gasteiger partial charge in [-0.2, -0.15) is 0 Å². The third-order valence-corrected chi connectivity index (χ3v) is 4.13. The number of thiocarbonyl (C=S) groups is 1. The van der Waals surface area contributed by atoms with Gasteiger partial charge in [-0.3, -0.25) is 0 Å². The van der Waals surface area contributed by atoms with Gasteiger partial charge in [0.1, 0.15) is 13.1 Å². The van der Waals surface area contributed by atoms with Gasteiger partial charge in [0.2, 0.25) is 5.75 Å². The van der Waals surface area contributed by atoms with E-state index in [4.69, 9.17) is 31.2 Å². The monoisotopic (exact) mass is 356 g/mol. The predicted octanol–water partition coefficient (Wildman–Crippen LogP) is -0.0861. The lowest BCUT2D eigenvalue weighted by atomic mass is 10.2. The van der Waals surface area contributed by atoms with Crippen molar-refractivity contribution in [3.05, 3.63) is 12.1 Å². The Morgan fingerprint density at radius 2 is 1.75 bits per heavy atom. The van der Waals surface area contributed by atoms with Crippen LogP contribution in [0, 0.1) is 0 Å². The van der Waals surface area contributed by atoms with Gasteiger partial charge in [0.15, 0.2) is 16.6 Å². The van der Waals surface area contributed by atoms with E-state index in [-0.39, 0.29) is 0 Å². The molecule has 0 aromatic heterocycles. The third kappa shape index (κ3) is 5.12. The Morgan fingerprint density at radius 3 is 2.29 bits per heavy atom. The molecule has 0 aliphatic carbocycles. The van der Waals surface area contributed by atoms with Gasteiger partial charge in [0.25, 0.3) is 0 Å². The highest BCUT2D eigenvalue weighted by Gasteiger charge is 2.15. The van der Waals surface area contributed by atoms with Gasteiger partial charge in [-0.05, 0) is 12.2 Å². The molecule has 0 atom stereocenters. The predicted molar refractivity (Wildman–Crippen MR) is 96.7 cm³/mol. The molecule has 1 saturated heterocycles. The molecular weight excluding hydrogens is 330 g/mol. The maximum absolute atomic E-state index is 5.36. The zero-order valence-electron chi connectivity index (χ0n) is 14.4. The number of rotatable bonds is 7. The number of anilines is 1. The van der Waals surface area contributed by atoms with E-state index in [1.165, 1.54) is 4.90 Å². The highest BCUT2D eigenvalue weighted by Crippen LogP contribution is 2.39. The molecule has 0 saturated carbocycles. The smallest absolute Gasteiger partial charge is 0.203 e. The molecule has 1 fully saturated rings. The van der Waals surface area contributed by atoms with Crippen molar-refractivity contribution in [1.29, 1.82) is 0 Å². The van der Waals surface area contributed by atoms with Crippen LogP contribution in [0.25, 0.3) is 0 Å². The molecule has 8 heteroatoms. The SMILES string of the molecule is COc1cc(NC(=S)NCC[NH+]2CCOCC2)cc(OC)c1OC. The average molecular weight is 356 g/mol. The molecule has 7 nitrogen and oxygen atoms in total. The van der Waals surface area contributed by atoms with Crippen LogP contribution in [-0.2, 0) is 4.74 Å². The number of methoxy groups -OCH3 is 3. The van der Waals surface area contributed by atoms with Crippen molar-refractivity contribution in [3.8, 4) is 17.2 Å². The van der Waals surface area contributed by atoms with Crippen molar-refractivity contribution in [2.75, 3.05) is 66.0 Å². The van der Waals surface area contributed by atoms with Gasteiger partial charge >= 0.3 is 0 Å². The largest absolute Gasteiger partial charge is 0.493 e. The summed E-state index contributed by atoms with van der Waals surface area (Å²) in [5.74, 6) is 1.72. The van der Waals surface area contributed by atoms with Crippen LogP contribution in [0.3, 0.4) is 0 Å². The fourth-order valence-electron chi connectivity index (χ4n) is 2.59. The van der Waals surface area contributed by atoms with E-state index in [0.29, 0.717) is 22.4 Å². The summed E-state index contributed by atoms with van der Waals surface area (Å²) < 4.78 is 21.3. The van der Waals surface area contributed by atoms with Gasteiger partial charge in [0, 0.05) is 17.8 Å². The van der Waals surface area contributed by atoms with E-state index in [1.807, 2.05) is 12.1 Å². The Morgan fingerprint density at radius 1 is 1.12 bits per heavy atom. The molecule has 24 heavy (non-hydrogen) atoms. The molecular formula is C16H26N3O4S+. The van der Waals surface area contributed by atoms with E-state index in [2.05, 4.69) is 10.6 Å². The molecule has 0 unspecified atom stereocenters. The molecule has 134 valence electrons. The van der Waals surface area contributed by atoms with Gasteiger partial charge in [-0.15, -0.1) is 0 Å². The summed E-state index contributed by atoms with van der Waals surface area (Å²) in [6, 6.07) is 3.64. The van der Waals surface area contributed by atoms with Crippen LogP contribution in [0.4, 0.5) is 5.69 Å². The topological polar surface area (TPSA) is 65.4 Å². The van der Waals surface area contributed by atoms with Gasteiger partial charge < -0.3 is 34.5 Å². The normalized spacial score (nSPS) is 14.8. The van der Waals surface area contributed by atoms with Crippen LogP contribution in [0.5, 0.6) is 17.2 Å². The van der Waals surface area contributed by atoms with Crippen LogP contribution in [-0.4, -0.2) is 65.8 Å². The third-order valence-electron chi connectivity index (χ3n) is 3.89. The number of morpholine rings is 1. The zero-order chi connectivity index (χ0) is 17.4. The summed E-state index contributed by atoms with van der Waals surface area (Å²) >= 11 is 5.35. The molecule has 1 heterocycles. The second-order valence-electron chi connectivity index (χ2n) is 5.41. The Kier molecular flexibility index (Phi) is 7.36. The second-order valence-corrected chi connectivity index (χ2v) is 5.82. The lowest BCUT2D eigenvalue weighted by Gasteiger charge is -2.24. The summed E-state index contributed by atoms with van der Waals surface area (Å²) in [5.41, 5.74) is 0.778. The first-order chi connectivity index (χ1) is 11.7. The van der Waals surface area contributed by atoms with Crippen molar-refractivity contribution in [2.45, 2.75) is 0 Å². The van der Waals surface area contributed by atoms with Crippen molar-refractivity contribution in [3.63, 3.8) is 0 Å². The highest BCUT2D eigenvalue weighted by molar-refractivity contribution is 7.80. The molecule has 1 aliphatic heterocycles. The molecule has 0 radical (unpaired) electrons. The number of hydrogen-bond donors (Lipinski definition) is 3. The van der Waals surface area contributed by atoms with Crippen LogP contribution < -0.4 is 29.7 Å². The molecule has 2 rings (SSSR count). The number of nitrogens with one attached hydrogen (secondary N) is 3. The van der Waals surface area contributed by atoms with Gasteiger partial charge in [-0.25, -0.2) is 0 Å². The molecule has 0 bridgehead atoms. The van der Waals surface area contributed by atoms with Crippen molar-refractivity contribution >= 4 is 23.0 Å². The molecule has 0 spiro atoms. The minimum atomic E-state index is 0.556. The van der Waals surface area contributed by atoms with Crippen LogP contribution in [0.2, 0.25) is 0 Å². The summed E-state index contributed by atoms with van der Waals surface area (Å²) in [5, 5.41) is 6.95. The fraction of sp³-hybridized carbons (Fsp3) is 0.562. The average Bonchev–Trinajstić information content (AvgIpc) is 2.61. The Balaban J connectivity index is 1.88. The van der Waals surface area contributed by atoms with Crippen molar-refractivity contribution in [2.24, 2.45) is 0 Å². The number of benzene rings is 1. The highest BCUT2D eigenvalue weighted by atomic mass is 32.1. The first-order valence-electron chi connectivity index (χ1n) is 7.94. The summed E-state index contributed by atoms with van der Waals surface area (Å²) in [7, 11) is 4.75. The molecule has 0 amide bonds. The molecule has 1 aromatic carbocycles. The van der Waals surface area contributed by atoms with E-state index in [0.717, 1.165) is 45.1 Å².